The molecule has 1 unspecified atom stereocenters. The lowest BCUT2D eigenvalue weighted by Gasteiger charge is -2.20. The van der Waals surface area contributed by atoms with Crippen molar-refractivity contribution in [1.82, 2.24) is 4.90 Å². The van der Waals surface area contributed by atoms with Gasteiger partial charge < -0.3 is 4.90 Å². The Bertz CT molecular complexity index is 764. The molecule has 1 aliphatic heterocycles. The smallest absolute Gasteiger partial charge is 0.256 e. The molecule has 0 saturated carbocycles. The van der Waals surface area contributed by atoms with Crippen LogP contribution in [0.25, 0.3) is 0 Å². The van der Waals surface area contributed by atoms with Gasteiger partial charge in [0.15, 0.2) is 0 Å². The average Bonchev–Trinajstić information content (AvgIpc) is 2.75. The Kier molecular flexibility index (Phi) is 3.40. The second kappa shape index (κ2) is 5.23. The van der Waals surface area contributed by atoms with Crippen LogP contribution in [0.15, 0.2) is 42.5 Å². The van der Waals surface area contributed by atoms with Crippen molar-refractivity contribution in [3.8, 4) is 6.07 Å². The molecule has 1 heterocycles. The highest BCUT2D eigenvalue weighted by molar-refractivity contribution is 6.31. The number of aryl methyl sites for hydroxylation is 1. The minimum absolute atomic E-state index is 0.102. The fourth-order valence-electron chi connectivity index (χ4n) is 2.75. The van der Waals surface area contributed by atoms with Gasteiger partial charge in [-0.1, -0.05) is 48.0 Å². The summed E-state index contributed by atoms with van der Waals surface area (Å²) in [6.45, 7) is 2.23. The maximum Gasteiger partial charge on any atom is 0.256 e. The number of nitriles is 1. The van der Waals surface area contributed by atoms with E-state index in [1.165, 1.54) is 0 Å². The van der Waals surface area contributed by atoms with Crippen molar-refractivity contribution >= 4 is 17.5 Å². The molecule has 1 atom stereocenters. The molecule has 0 bridgehead atoms. The molecule has 0 spiro atoms. The first-order valence-electron chi connectivity index (χ1n) is 6.67. The number of halogens is 1. The van der Waals surface area contributed by atoms with Crippen LogP contribution in [0.3, 0.4) is 0 Å². The third-order valence-corrected chi connectivity index (χ3v) is 4.18. The molecule has 1 amide bonds. The third kappa shape index (κ3) is 2.18. The van der Waals surface area contributed by atoms with E-state index >= 15 is 0 Å². The number of hydrogen-bond acceptors (Lipinski definition) is 2. The standard InChI is InChI=1S/C17H13ClN2O/c1-11-5-4-7-13-15(9-19)20(17(21)16(11)13)10-12-6-2-3-8-14(12)18/h2-8,15H,10H2,1H3. The van der Waals surface area contributed by atoms with E-state index < -0.39 is 6.04 Å². The Labute approximate surface area is 128 Å². The van der Waals surface area contributed by atoms with E-state index in [1.807, 2.05) is 43.3 Å². The van der Waals surface area contributed by atoms with Gasteiger partial charge in [-0.25, -0.2) is 0 Å². The van der Waals surface area contributed by atoms with Gasteiger partial charge in [-0.15, -0.1) is 0 Å². The molecular weight excluding hydrogens is 284 g/mol. The Morgan fingerprint density at radius 1 is 1.24 bits per heavy atom. The minimum atomic E-state index is -0.552. The van der Waals surface area contributed by atoms with E-state index in [0.29, 0.717) is 17.1 Å². The first-order chi connectivity index (χ1) is 10.1. The van der Waals surface area contributed by atoms with Crippen LogP contribution in [0.2, 0.25) is 5.02 Å². The van der Waals surface area contributed by atoms with Crippen molar-refractivity contribution < 1.29 is 4.79 Å². The van der Waals surface area contributed by atoms with Gasteiger partial charge in [0.05, 0.1) is 6.07 Å². The van der Waals surface area contributed by atoms with Gasteiger partial charge in [0, 0.05) is 22.7 Å². The maximum absolute atomic E-state index is 12.6. The summed E-state index contributed by atoms with van der Waals surface area (Å²) in [5.41, 5.74) is 3.18. The summed E-state index contributed by atoms with van der Waals surface area (Å²) in [6.07, 6.45) is 0. The summed E-state index contributed by atoms with van der Waals surface area (Å²) < 4.78 is 0. The van der Waals surface area contributed by atoms with Crippen LogP contribution < -0.4 is 0 Å². The van der Waals surface area contributed by atoms with Crippen LogP contribution in [0.5, 0.6) is 0 Å². The number of carbonyl (C=O) groups is 1. The molecule has 1 aliphatic rings. The highest BCUT2D eigenvalue weighted by atomic mass is 35.5. The quantitative estimate of drug-likeness (QED) is 0.844. The molecule has 0 fully saturated rings. The fourth-order valence-corrected chi connectivity index (χ4v) is 2.95. The molecule has 2 aromatic carbocycles. The lowest BCUT2D eigenvalue weighted by molar-refractivity contribution is 0.0744. The minimum Gasteiger partial charge on any atom is -0.314 e. The van der Waals surface area contributed by atoms with Gasteiger partial charge >= 0.3 is 0 Å². The number of fused-ring (bicyclic) bond motifs is 1. The van der Waals surface area contributed by atoms with Crippen molar-refractivity contribution in [2.24, 2.45) is 0 Å². The van der Waals surface area contributed by atoms with Crippen LogP contribution in [0.4, 0.5) is 0 Å². The summed E-state index contributed by atoms with van der Waals surface area (Å²) in [4.78, 5) is 14.2. The molecule has 104 valence electrons. The molecule has 0 N–H and O–H groups in total. The van der Waals surface area contributed by atoms with Gasteiger partial charge in [-0.05, 0) is 24.1 Å². The maximum atomic E-state index is 12.6. The Morgan fingerprint density at radius 3 is 2.71 bits per heavy atom. The Hall–Kier alpha value is -2.31. The number of carbonyl (C=O) groups excluding carboxylic acids is 1. The zero-order chi connectivity index (χ0) is 15.0. The Morgan fingerprint density at radius 2 is 2.00 bits per heavy atom. The number of rotatable bonds is 2. The van der Waals surface area contributed by atoms with E-state index in [0.717, 1.165) is 16.7 Å². The SMILES string of the molecule is Cc1cccc2c1C(=O)N(Cc1ccccc1Cl)C2C#N. The summed E-state index contributed by atoms with van der Waals surface area (Å²) in [5.74, 6) is -0.102. The predicted octanol–water partition coefficient (Wildman–Crippen LogP) is 3.87. The normalized spacial score (nSPS) is 16.7. The number of benzene rings is 2. The van der Waals surface area contributed by atoms with E-state index in [9.17, 15) is 10.1 Å². The van der Waals surface area contributed by atoms with Gasteiger partial charge in [-0.2, -0.15) is 5.26 Å². The van der Waals surface area contributed by atoms with Crippen LogP contribution in [0, 0.1) is 18.3 Å². The summed E-state index contributed by atoms with van der Waals surface area (Å²) in [6, 6.07) is 14.7. The van der Waals surface area contributed by atoms with E-state index in [2.05, 4.69) is 6.07 Å². The molecule has 21 heavy (non-hydrogen) atoms. The van der Waals surface area contributed by atoms with Gasteiger partial charge in [-0.3, -0.25) is 4.79 Å². The highest BCUT2D eigenvalue weighted by Gasteiger charge is 2.37. The van der Waals surface area contributed by atoms with E-state index in [1.54, 1.807) is 11.0 Å². The number of amides is 1. The van der Waals surface area contributed by atoms with Crippen molar-refractivity contribution in [1.29, 1.82) is 5.26 Å². The first-order valence-corrected chi connectivity index (χ1v) is 7.04. The third-order valence-electron chi connectivity index (χ3n) is 3.81. The average molecular weight is 297 g/mol. The van der Waals surface area contributed by atoms with Crippen LogP contribution >= 0.6 is 11.6 Å². The molecule has 0 radical (unpaired) electrons. The largest absolute Gasteiger partial charge is 0.314 e. The number of hydrogen-bond donors (Lipinski definition) is 0. The zero-order valence-corrected chi connectivity index (χ0v) is 12.3. The van der Waals surface area contributed by atoms with Crippen molar-refractivity contribution in [3.63, 3.8) is 0 Å². The number of nitrogens with zero attached hydrogens (tertiary/aromatic N) is 2. The molecule has 3 rings (SSSR count). The lowest BCUT2D eigenvalue weighted by Crippen LogP contribution is -2.27. The lowest BCUT2D eigenvalue weighted by atomic mass is 10.0. The first kappa shape index (κ1) is 13.7. The van der Waals surface area contributed by atoms with Crippen molar-refractivity contribution in [3.05, 3.63) is 69.7 Å². The van der Waals surface area contributed by atoms with Crippen molar-refractivity contribution in [2.45, 2.75) is 19.5 Å². The van der Waals surface area contributed by atoms with Crippen LogP contribution in [-0.4, -0.2) is 10.8 Å². The van der Waals surface area contributed by atoms with Crippen LogP contribution in [-0.2, 0) is 6.54 Å². The molecule has 0 aromatic heterocycles. The summed E-state index contributed by atoms with van der Waals surface area (Å²) in [5, 5.41) is 10.1. The molecule has 0 aliphatic carbocycles. The molecule has 4 heteroatoms. The second-order valence-electron chi connectivity index (χ2n) is 5.10. The van der Waals surface area contributed by atoms with Gasteiger partial charge in [0.1, 0.15) is 6.04 Å². The molecule has 3 nitrogen and oxygen atoms in total. The summed E-state index contributed by atoms with van der Waals surface area (Å²) in [7, 11) is 0. The van der Waals surface area contributed by atoms with Gasteiger partial charge in [0.25, 0.3) is 5.91 Å². The van der Waals surface area contributed by atoms with E-state index in [4.69, 9.17) is 11.6 Å². The Balaban J connectivity index is 2.02. The molecular formula is C17H13ClN2O. The zero-order valence-electron chi connectivity index (χ0n) is 11.5. The summed E-state index contributed by atoms with van der Waals surface area (Å²) >= 11 is 6.16. The highest BCUT2D eigenvalue weighted by Crippen LogP contribution is 2.36. The topological polar surface area (TPSA) is 44.1 Å². The van der Waals surface area contributed by atoms with E-state index in [-0.39, 0.29) is 5.91 Å². The molecule has 2 aromatic rings. The fraction of sp³-hybridized carbons (Fsp3) is 0.176. The molecule has 0 saturated heterocycles. The van der Waals surface area contributed by atoms with Crippen LogP contribution in [0.1, 0.15) is 33.1 Å². The monoisotopic (exact) mass is 296 g/mol. The van der Waals surface area contributed by atoms with Crippen molar-refractivity contribution in [2.75, 3.05) is 0 Å². The van der Waals surface area contributed by atoms with Gasteiger partial charge in [0.2, 0.25) is 0 Å². The predicted molar refractivity (Wildman–Crippen MR) is 80.9 cm³/mol. The second-order valence-corrected chi connectivity index (χ2v) is 5.50.